The Balaban J connectivity index is 2.32. The Morgan fingerprint density at radius 3 is 2.88 bits per heavy atom. The van der Waals surface area contributed by atoms with Crippen LogP contribution in [-0.4, -0.2) is 26.3 Å². The number of hydrogen-bond acceptors (Lipinski definition) is 4. The number of nitrogens with zero attached hydrogens (tertiary/aromatic N) is 2. The molecule has 0 aromatic carbocycles. The lowest BCUT2D eigenvalue weighted by Crippen LogP contribution is -2.32. The number of carbonyl (C=O) groups is 1. The van der Waals surface area contributed by atoms with E-state index in [0.29, 0.717) is 16.4 Å². The number of aryl methyl sites for hydroxylation is 1. The molecule has 1 aromatic heterocycles. The van der Waals surface area contributed by atoms with Gasteiger partial charge in [-0.05, 0) is 6.92 Å². The second kappa shape index (κ2) is 4.09. The van der Waals surface area contributed by atoms with Crippen molar-refractivity contribution in [2.45, 2.75) is 13.5 Å². The number of H-pyrrole nitrogens is 1. The molecule has 1 aliphatic rings. The van der Waals surface area contributed by atoms with Crippen molar-refractivity contribution in [3.05, 3.63) is 32.6 Å². The predicted molar refractivity (Wildman–Crippen MR) is 61.0 cm³/mol. The molecule has 1 aliphatic heterocycles. The number of aromatic amines is 1. The summed E-state index contributed by atoms with van der Waals surface area (Å²) in [4.78, 5) is 39.4. The Bertz CT molecular complexity index is 584. The van der Waals surface area contributed by atoms with Crippen LogP contribution in [0.2, 0.25) is 0 Å². The fourth-order valence-corrected chi connectivity index (χ4v) is 2.06. The van der Waals surface area contributed by atoms with Crippen LogP contribution in [0.1, 0.15) is 5.56 Å². The third kappa shape index (κ3) is 2.13. The Labute approximate surface area is 94.4 Å². The van der Waals surface area contributed by atoms with Crippen LogP contribution in [0.4, 0.5) is 0 Å². The lowest BCUT2D eigenvalue weighted by molar-refractivity contribution is -0.115. The summed E-state index contributed by atoms with van der Waals surface area (Å²) in [6.45, 7) is 1.84. The smallest absolute Gasteiger partial charge is 0.294 e. The zero-order chi connectivity index (χ0) is 11.7. The van der Waals surface area contributed by atoms with Gasteiger partial charge in [0.25, 0.3) is 11.5 Å². The van der Waals surface area contributed by atoms with Crippen molar-refractivity contribution in [3.8, 4) is 0 Å². The van der Waals surface area contributed by atoms with Gasteiger partial charge in [0, 0.05) is 11.8 Å². The topological polar surface area (TPSA) is 84.3 Å². The Kier molecular flexibility index (Phi) is 2.78. The molecule has 1 amide bonds. The van der Waals surface area contributed by atoms with E-state index in [-0.39, 0.29) is 12.5 Å². The summed E-state index contributed by atoms with van der Waals surface area (Å²) in [5.41, 5.74) is -0.425. The highest BCUT2D eigenvalue weighted by molar-refractivity contribution is 8.15. The van der Waals surface area contributed by atoms with E-state index in [0.717, 1.165) is 0 Å². The van der Waals surface area contributed by atoms with E-state index in [2.05, 4.69) is 9.98 Å². The van der Waals surface area contributed by atoms with E-state index in [1.54, 1.807) is 6.92 Å². The van der Waals surface area contributed by atoms with Gasteiger partial charge in [0.15, 0.2) is 0 Å². The van der Waals surface area contributed by atoms with Crippen molar-refractivity contribution in [2.24, 2.45) is 4.99 Å². The van der Waals surface area contributed by atoms with Crippen LogP contribution in [-0.2, 0) is 11.3 Å². The lowest BCUT2D eigenvalue weighted by Gasteiger charge is -2.04. The summed E-state index contributed by atoms with van der Waals surface area (Å²) < 4.78 is 1.33. The summed E-state index contributed by atoms with van der Waals surface area (Å²) >= 11 is 1.31. The van der Waals surface area contributed by atoms with Crippen LogP contribution >= 0.6 is 11.8 Å². The zero-order valence-corrected chi connectivity index (χ0v) is 9.34. The second-order valence-electron chi connectivity index (χ2n) is 3.39. The fraction of sp³-hybridized carbons (Fsp3) is 0.333. The maximum Gasteiger partial charge on any atom is 0.328 e. The van der Waals surface area contributed by atoms with Crippen molar-refractivity contribution < 1.29 is 4.79 Å². The third-order valence-electron chi connectivity index (χ3n) is 2.11. The molecule has 6 nitrogen and oxygen atoms in total. The molecule has 84 valence electrons. The van der Waals surface area contributed by atoms with E-state index >= 15 is 0 Å². The van der Waals surface area contributed by atoms with Gasteiger partial charge in [-0.3, -0.25) is 19.1 Å². The van der Waals surface area contributed by atoms with Crippen molar-refractivity contribution >= 4 is 22.7 Å². The highest BCUT2D eigenvalue weighted by Crippen LogP contribution is 2.13. The number of aromatic nitrogens is 2. The molecule has 0 fully saturated rings. The molecular weight excluding hydrogens is 230 g/mol. The fourth-order valence-electron chi connectivity index (χ4n) is 1.31. The molecule has 0 radical (unpaired) electrons. The van der Waals surface area contributed by atoms with Crippen LogP contribution < -0.4 is 11.2 Å². The van der Waals surface area contributed by atoms with Gasteiger partial charge in [0.2, 0.25) is 0 Å². The monoisotopic (exact) mass is 239 g/mol. The standard InChI is InChI=1S/C9H9N3O3S/c1-5-2-12(9(15)11-8(5)14)3-7-10-6(13)4-16-7/h2H,3-4H2,1H3,(H,11,14,15). The van der Waals surface area contributed by atoms with Crippen molar-refractivity contribution in [2.75, 3.05) is 5.75 Å². The predicted octanol–water partition coefficient (Wildman–Crippen LogP) is -0.483. The van der Waals surface area contributed by atoms with Gasteiger partial charge in [-0.15, -0.1) is 0 Å². The number of rotatable bonds is 2. The first-order chi connectivity index (χ1) is 7.56. The van der Waals surface area contributed by atoms with Crippen molar-refractivity contribution in [3.63, 3.8) is 0 Å². The largest absolute Gasteiger partial charge is 0.328 e. The molecular formula is C9H9N3O3S. The lowest BCUT2D eigenvalue weighted by atomic mass is 10.4. The molecule has 0 atom stereocenters. The molecule has 0 aliphatic carbocycles. The number of carbonyl (C=O) groups excluding carboxylic acids is 1. The third-order valence-corrected chi connectivity index (χ3v) is 3.05. The summed E-state index contributed by atoms with van der Waals surface area (Å²) in [5.74, 6) is 0.140. The molecule has 0 saturated heterocycles. The van der Waals surface area contributed by atoms with Crippen LogP contribution in [0, 0.1) is 6.92 Å². The highest BCUT2D eigenvalue weighted by atomic mass is 32.2. The van der Waals surface area contributed by atoms with E-state index in [1.807, 2.05) is 0 Å². The Morgan fingerprint density at radius 2 is 2.25 bits per heavy atom. The highest BCUT2D eigenvalue weighted by Gasteiger charge is 2.15. The van der Waals surface area contributed by atoms with Gasteiger partial charge in [0.1, 0.15) is 0 Å². The van der Waals surface area contributed by atoms with Crippen LogP contribution in [0.15, 0.2) is 20.8 Å². The second-order valence-corrected chi connectivity index (χ2v) is 4.44. The van der Waals surface area contributed by atoms with Gasteiger partial charge in [-0.25, -0.2) is 9.79 Å². The minimum absolute atomic E-state index is 0.186. The number of amides is 1. The quantitative estimate of drug-likeness (QED) is 0.755. The van der Waals surface area contributed by atoms with Crippen LogP contribution in [0.25, 0.3) is 0 Å². The van der Waals surface area contributed by atoms with Crippen LogP contribution in [0.5, 0.6) is 0 Å². The molecule has 1 N–H and O–H groups in total. The minimum atomic E-state index is -0.488. The molecule has 16 heavy (non-hydrogen) atoms. The summed E-state index contributed by atoms with van der Waals surface area (Å²) in [7, 11) is 0. The molecule has 7 heteroatoms. The molecule has 0 spiro atoms. The maximum absolute atomic E-state index is 11.4. The number of nitrogens with one attached hydrogen (secondary N) is 1. The number of thioether (sulfide) groups is 1. The molecule has 1 aromatic rings. The van der Waals surface area contributed by atoms with Crippen molar-refractivity contribution in [1.29, 1.82) is 0 Å². The molecule has 0 saturated carbocycles. The number of hydrogen-bond donors (Lipinski definition) is 1. The van der Waals surface area contributed by atoms with E-state index < -0.39 is 11.2 Å². The molecule has 2 heterocycles. The van der Waals surface area contributed by atoms with Gasteiger partial charge >= 0.3 is 5.69 Å². The van der Waals surface area contributed by atoms with Gasteiger partial charge in [-0.1, -0.05) is 11.8 Å². The summed E-state index contributed by atoms with van der Waals surface area (Å²) in [6.07, 6.45) is 1.47. The first-order valence-electron chi connectivity index (χ1n) is 4.60. The first-order valence-corrected chi connectivity index (χ1v) is 5.58. The SMILES string of the molecule is Cc1cn(CC2=NC(=O)CS2)c(=O)[nH]c1=O. The van der Waals surface area contributed by atoms with E-state index in [4.69, 9.17) is 0 Å². The van der Waals surface area contributed by atoms with Gasteiger partial charge < -0.3 is 0 Å². The normalized spacial score (nSPS) is 15.3. The molecule has 2 rings (SSSR count). The van der Waals surface area contributed by atoms with Gasteiger partial charge in [0.05, 0.1) is 17.3 Å². The molecule has 0 unspecified atom stereocenters. The van der Waals surface area contributed by atoms with Crippen LogP contribution in [0.3, 0.4) is 0 Å². The van der Waals surface area contributed by atoms with E-state index in [9.17, 15) is 14.4 Å². The van der Waals surface area contributed by atoms with Gasteiger partial charge in [-0.2, -0.15) is 0 Å². The Morgan fingerprint density at radius 1 is 1.50 bits per heavy atom. The number of aliphatic imine (C=N–C) groups is 1. The summed E-state index contributed by atoms with van der Waals surface area (Å²) in [6, 6.07) is 0. The molecule has 0 bridgehead atoms. The van der Waals surface area contributed by atoms with Crippen molar-refractivity contribution in [1.82, 2.24) is 9.55 Å². The summed E-state index contributed by atoms with van der Waals surface area (Å²) in [5, 5.41) is 0.596. The minimum Gasteiger partial charge on any atom is -0.294 e. The zero-order valence-electron chi connectivity index (χ0n) is 8.52. The average molecular weight is 239 g/mol. The average Bonchev–Trinajstić information content (AvgIpc) is 2.60. The Hall–Kier alpha value is -1.63. The first kappa shape index (κ1) is 10.9. The maximum atomic E-state index is 11.4. The van der Waals surface area contributed by atoms with E-state index in [1.165, 1.54) is 22.5 Å².